The molecule has 5 nitrogen and oxygen atoms in total. The highest BCUT2D eigenvalue weighted by atomic mass is 16.3. The summed E-state index contributed by atoms with van der Waals surface area (Å²) >= 11 is 0. The number of likely N-dealkylation sites (tertiary alicyclic amines) is 1. The van der Waals surface area contributed by atoms with E-state index in [2.05, 4.69) is 22.3 Å². The zero-order chi connectivity index (χ0) is 16.7. The Kier molecular flexibility index (Phi) is 7.02. The van der Waals surface area contributed by atoms with Gasteiger partial charge in [0, 0.05) is 38.6 Å². The van der Waals surface area contributed by atoms with E-state index < -0.39 is 0 Å². The lowest BCUT2D eigenvalue weighted by molar-refractivity contribution is -0.121. The lowest BCUT2D eigenvalue weighted by Gasteiger charge is -2.30. The Hall–Kier alpha value is -1.43. The summed E-state index contributed by atoms with van der Waals surface area (Å²) in [6.45, 7) is 5.20. The van der Waals surface area contributed by atoms with Crippen molar-refractivity contribution in [3.63, 3.8) is 0 Å². The molecule has 5 heteroatoms. The number of nitrogens with zero attached hydrogens (tertiary/aromatic N) is 1. The number of hydrogen-bond donors (Lipinski definition) is 3. The topological polar surface area (TPSA) is 78.6 Å². The molecule has 1 fully saturated rings. The largest absolute Gasteiger partial charge is 0.393 e. The molecule has 0 bridgehead atoms. The molecule has 1 aromatic carbocycles. The summed E-state index contributed by atoms with van der Waals surface area (Å²) in [7, 11) is 0. The van der Waals surface area contributed by atoms with E-state index in [1.165, 1.54) is 5.56 Å². The van der Waals surface area contributed by atoms with Crippen molar-refractivity contribution in [2.75, 3.05) is 13.1 Å². The van der Waals surface area contributed by atoms with Crippen LogP contribution in [0.2, 0.25) is 0 Å². The molecule has 4 N–H and O–H groups in total. The van der Waals surface area contributed by atoms with Crippen molar-refractivity contribution in [1.29, 1.82) is 0 Å². The van der Waals surface area contributed by atoms with Gasteiger partial charge in [-0.15, -0.1) is 0 Å². The third-order valence-corrected chi connectivity index (χ3v) is 4.37. The fourth-order valence-electron chi connectivity index (χ4n) is 2.84. The highest BCUT2D eigenvalue weighted by Crippen LogP contribution is 2.16. The number of aliphatic hydroxyl groups excluding tert-OH is 1. The number of aliphatic hydroxyl groups is 1. The smallest absolute Gasteiger partial charge is 0.220 e. The van der Waals surface area contributed by atoms with E-state index in [0.29, 0.717) is 19.4 Å². The second-order valence-corrected chi connectivity index (χ2v) is 6.57. The van der Waals surface area contributed by atoms with Gasteiger partial charge in [0.25, 0.3) is 0 Å². The number of carbonyl (C=O) groups excluding carboxylic acids is 1. The molecule has 1 amide bonds. The maximum atomic E-state index is 11.9. The second-order valence-electron chi connectivity index (χ2n) is 6.57. The van der Waals surface area contributed by atoms with Crippen LogP contribution in [0.3, 0.4) is 0 Å². The molecule has 1 aliphatic rings. The molecule has 1 aromatic rings. The van der Waals surface area contributed by atoms with Crippen molar-refractivity contribution in [3.8, 4) is 0 Å². The standard InChI is InChI=1S/C18H29N3O2/c1-14(19)6-7-18(23)20-12-15-4-2-3-5-16(15)13-21-10-8-17(22)9-11-21/h2-5,14,17,22H,6-13,19H2,1H3,(H,20,23). The predicted octanol–water partition coefficient (Wildman–Crippen LogP) is 1.39. The van der Waals surface area contributed by atoms with Crippen molar-refractivity contribution < 1.29 is 9.90 Å². The number of benzene rings is 1. The van der Waals surface area contributed by atoms with Gasteiger partial charge in [-0.25, -0.2) is 0 Å². The third-order valence-electron chi connectivity index (χ3n) is 4.37. The molecule has 0 spiro atoms. The molecule has 128 valence electrons. The summed E-state index contributed by atoms with van der Waals surface area (Å²) in [5.74, 6) is 0.0539. The first kappa shape index (κ1) is 17.9. The van der Waals surface area contributed by atoms with Crippen LogP contribution in [0.1, 0.15) is 43.7 Å². The SMILES string of the molecule is CC(N)CCC(=O)NCc1ccccc1CN1CCC(O)CC1. The lowest BCUT2D eigenvalue weighted by atomic mass is 10.0. The summed E-state index contributed by atoms with van der Waals surface area (Å²) in [6, 6.07) is 8.29. The number of amides is 1. The Bertz CT molecular complexity index is 497. The monoisotopic (exact) mass is 319 g/mol. The van der Waals surface area contributed by atoms with Gasteiger partial charge in [-0.3, -0.25) is 9.69 Å². The average Bonchev–Trinajstić information content (AvgIpc) is 2.54. The van der Waals surface area contributed by atoms with E-state index in [0.717, 1.165) is 38.0 Å². The Morgan fingerprint density at radius 2 is 2.00 bits per heavy atom. The van der Waals surface area contributed by atoms with Crippen LogP contribution in [0.4, 0.5) is 0 Å². The molecule has 0 aliphatic carbocycles. The van der Waals surface area contributed by atoms with E-state index >= 15 is 0 Å². The molecule has 1 saturated heterocycles. The number of nitrogens with one attached hydrogen (secondary N) is 1. The molecule has 1 aliphatic heterocycles. The number of nitrogens with two attached hydrogens (primary N) is 1. The predicted molar refractivity (Wildman–Crippen MR) is 91.7 cm³/mol. The highest BCUT2D eigenvalue weighted by Gasteiger charge is 2.17. The Morgan fingerprint density at radius 1 is 1.35 bits per heavy atom. The van der Waals surface area contributed by atoms with Crippen LogP contribution in [0, 0.1) is 0 Å². The van der Waals surface area contributed by atoms with Gasteiger partial charge in [-0.1, -0.05) is 24.3 Å². The molecule has 23 heavy (non-hydrogen) atoms. The summed E-state index contributed by atoms with van der Waals surface area (Å²) in [5.41, 5.74) is 8.09. The molecule has 0 radical (unpaired) electrons. The van der Waals surface area contributed by atoms with E-state index in [1.807, 2.05) is 19.1 Å². The Balaban J connectivity index is 1.86. The van der Waals surface area contributed by atoms with Crippen LogP contribution in [0.15, 0.2) is 24.3 Å². The van der Waals surface area contributed by atoms with E-state index in [4.69, 9.17) is 5.73 Å². The summed E-state index contributed by atoms with van der Waals surface area (Å²) in [6.07, 6.45) is 2.73. The first-order chi connectivity index (χ1) is 11.0. The molecule has 2 rings (SSSR count). The van der Waals surface area contributed by atoms with Gasteiger partial charge in [0.05, 0.1) is 6.10 Å². The Morgan fingerprint density at radius 3 is 2.65 bits per heavy atom. The normalized spacial score (nSPS) is 17.9. The number of rotatable bonds is 7. The number of hydrogen-bond acceptors (Lipinski definition) is 4. The maximum Gasteiger partial charge on any atom is 0.220 e. The molecule has 0 saturated carbocycles. The van der Waals surface area contributed by atoms with Crippen molar-refractivity contribution in [2.24, 2.45) is 5.73 Å². The summed E-state index contributed by atoms with van der Waals surface area (Å²) < 4.78 is 0. The van der Waals surface area contributed by atoms with Crippen molar-refractivity contribution in [1.82, 2.24) is 10.2 Å². The molecule has 1 heterocycles. The van der Waals surface area contributed by atoms with E-state index in [1.54, 1.807) is 0 Å². The quantitative estimate of drug-likeness (QED) is 0.709. The van der Waals surface area contributed by atoms with Crippen LogP contribution in [-0.2, 0) is 17.9 Å². The minimum Gasteiger partial charge on any atom is -0.393 e. The lowest BCUT2D eigenvalue weighted by Crippen LogP contribution is -2.35. The Labute approximate surface area is 138 Å². The number of piperidine rings is 1. The molecular weight excluding hydrogens is 290 g/mol. The average molecular weight is 319 g/mol. The van der Waals surface area contributed by atoms with Crippen LogP contribution in [0.5, 0.6) is 0 Å². The molecule has 1 unspecified atom stereocenters. The van der Waals surface area contributed by atoms with Crippen molar-refractivity contribution in [3.05, 3.63) is 35.4 Å². The molecule has 0 aromatic heterocycles. The minimum absolute atomic E-state index is 0.0539. The van der Waals surface area contributed by atoms with Crippen LogP contribution < -0.4 is 11.1 Å². The van der Waals surface area contributed by atoms with Crippen LogP contribution in [0.25, 0.3) is 0 Å². The first-order valence-corrected chi connectivity index (χ1v) is 8.54. The number of carbonyl (C=O) groups is 1. The zero-order valence-electron chi connectivity index (χ0n) is 14.0. The fraction of sp³-hybridized carbons (Fsp3) is 0.611. The highest BCUT2D eigenvalue weighted by molar-refractivity contribution is 5.75. The van der Waals surface area contributed by atoms with Gasteiger partial charge in [-0.05, 0) is 37.3 Å². The summed E-state index contributed by atoms with van der Waals surface area (Å²) in [5, 5.41) is 12.6. The van der Waals surface area contributed by atoms with Gasteiger partial charge < -0.3 is 16.2 Å². The summed E-state index contributed by atoms with van der Waals surface area (Å²) in [4.78, 5) is 14.2. The first-order valence-electron chi connectivity index (χ1n) is 8.54. The molecular formula is C18H29N3O2. The van der Waals surface area contributed by atoms with Crippen LogP contribution >= 0.6 is 0 Å². The maximum absolute atomic E-state index is 11.9. The van der Waals surface area contributed by atoms with Gasteiger partial charge in [0.2, 0.25) is 5.91 Å². The van der Waals surface area contributed by atoms with E-state index in [9.17, 15) is 9.90 Å². The van der Waals surface area contributed by atoms with Gasteiger partial charge >= 0.3 is 0 Å². The van der Waals surface area contributed by atoms with Gasteiger partial charge in [0.1, 0.15) is 0 Å². The van der Waals surface area contributed by atoms with Gasteiger partial charge in [0.15, 0.2) is 0 Å². The zero-order valence-corrected chi connectivity index (χ0v) is 14.0. The van der Waals surface area contributed by atoms with E-state index in [-0.39, 0.29) is 18.1 Å². The van der Waals surface area contributed by atoms with Crippen molar-refractivity contribution >= 4 is 5.91 Å². The second kappa shape index (κ2) is 9.01. The fourth-order valence-corrected chi connectivity index (χ4v) is 2.84. The molecule has 1 atom stereocenters. The van der Waals surface area contributed by atoms with Gasteiger partial charge in [-0.2, -0.15) is 0 Å². The van der Waals surface area contributed by atoms with Crippen molar-refractivity contribution in [2.45, 2.75) is 57.8 Å². The third kappa shape index (κ3) is 6.29. The van der Waals surface area contributed by atoms with Crippen LogP contribution in [-0.4, -0.2) is 41.1 Å². The minimum atomic E-state index is -0.147.